The lowest BCUT2D eigenvalue weighted by Gasteiger charge is -2.05. The molecular weight excluding hydrogens is 391 g/mol. The molecule has 0 bridgehead atoms. The molecule has 0 unspecified atom stereocenters. The van der Waals surface area contributed by atoms with Gasteiger partial charge in [-0.1, -0.05) is 42.5 Å². The van der Waals surface area contributed by atoms with Crippen LogP contribution in [0.1, 0.15) is 11.1 Å². The van der Waals surface area contributed by atoms with Gasteiger partial charge >= 0.3 is 6.18 Å². The molecule has 0 atom stereocenters. The highest BCUT2D eigenvalue weighted by atomic mass is 32.1. The van der Waals surface area contributed by atoms with E-state index in [-0.39, 0.29) is 0 Å². The Kier molecular flexibility index (Phi) is 3.21. The highest BCUT2D eigenvalue weighted by Gasteiger charge is 2.30. The number of hydrogen-bond donors (Lipinski definition) is 1. The fourth-order valence-corrected chi connectivity index (χ4v) is 5.58. The van der Waals surface area contributed by atoms with E-state index in [1.165, 1.54) is 34.4 Å². The van der Waals surface area contributed by atoms with E-state index in [9.17, 15) is 13.2 Å². The van der Waals surface area contributed by atoms with Crippen molar-refractivity contribution in [2.45, 2.75) is 13.1 Å². The molecule has 0 saturated heterocycles. The van der Waals surface area contributed by atoms with E-state index in [1.54, 1.807) is 6.07 Å². The molecular formula is C24H14F3NS. The van der Waals surface area contributed by atoms with Crippen LogP contribution in [-0.2, 0) is 6.18 Å². The molecule has 0 fully saturated rings. The predicted octanol–water partition coefficient (Wildman–Crippen LogP) is 8.17. The average molecular weight is 405 g/mol. The van der Waals surface area contributed by atoms with Crippen LogP contribution < -0.4 is 0 Å². The SMILES string of the molecule is Cc1ccc2c(c1)[nH]c1c2ccc2c1ccc1c3ccc(C(F)(F)F)cc3sc12. The summed E-state index contributed by atoms with van der Waals surface area (Å²) in [7, 11) is 0. The molecule has 6 aromatic rings. The zero-order valence-electron chi connectivity index (χ0n) is 15.3. The van der Waals surface area contributed by atoms with Crippen LogP contribution in [0, 0.1) is 6.92 Å². The minimum atomic E-state index is -4.33. The minimum Gasteiger partial charge on any atom is -0.354 e. The molecule has 0 aliphatic rings. The Balaban J connectivity index is 1.71. The molecule has 0 spiro atoms. The second-order valence-corrected chi connectivity index (χ2v) is 8.56. The fourth-order valence-electron chi connectivity index (χ4n) is 4.31. The predicted molar refractivity (Wildman–Crippen MR) is 116 cm³/mol. The molecule has 0 aliphatic heterocycles. The Bertz CT molecular complexity index is 1600. The lowest BCUT2D eigenvalue weighted by atomic mass is 10.0. The van der Waals surface area contributed by atoms with Gasteiger partial charge in [0.25, 0.3) is 0 Å². The maximum atomic E-state index is 13.1. The third-order valence-corrected chi connectivity index (χ3v) is 6.89. The van der Waals surface area contributed by atoms with Crippen molar-refractivity contribution in [3.8, 4) is 0 Å². The van der Waals surface area contributed by atoms with E-state index in [1.807, 2.05) is 6.07 Å². The summed E-state index contributed by atoms with van der Waals surface area (Å²) >= 11 is 1.43. The molecule has 5 heteroatoms. The van der Waals surface area contributed by atoms with Gasteiger partial charge in [-0.3, -0.25) is 0 Å². The van der Waals surface area contributed by atoms with E-state index in [0.717, 1.165) is 42.7 Å². The van der Waals surface area contributed by atoms with Gasteiger partial charge in [0.2, 0.25) is 0 Å². The number of aromatic amines is 1. The van der Waals surface area contributed by atoms with Gasteiger partial charge in [-0.05, 0) is 30.7 Å². The summed E-state index contributed by atoms with van der Waals surface area (Å²) in [5.74, 6) is 0. The number of rotatable bonds is 0. The molecule has 142 valence electrons. The zero-order chi connectivity index (χ0) is 19.9. The van der Waals surface area contributed by atoms with Crippen molar-refractivity contribution in [1.82, 2.24) is 4.98 Å². The molecule has 1 nitrogen and oxygen atoms in total. The molecule has 2 heterocycles. The number of nitrogens with one attached hydrogen (secondary N) is 1. The van der Waals surface area contributed by atoms with Crippen LogP contribution in [0.4, 0.5) is 13.2 Å². The summed E-state index contributed by atoms with van der Waals surface area (Å²) in [6.45, 7) is 2.07. The van der Waals surface area contributed by atoms with E-state index >= 15 is 0 Å². The van der Waals surface area contributed by atoms with E-state index < -0.39 is 11.7 Å². The number of thiophene rings is 1. The molecule has 6 rings (SSSR count). The molecule has 0 radical (unpaired) electrons. The van der Waals surface area contributed by atoms with E-state index in [0.29, 0.717) is 4.70 Å². The highest BCUT2D eigenvalue weighted by molar-refractivity contribution is 7.26. The number of benzene rings is 4. The second kappa shape index (κ2) is 5.51. The van der Waals surface area contributed by atoms with Gasteiger partial charge in [-0.2, -0.15) is 13.2 Å². The lowest BCUT2D eigenvalue weighted by molar-refractivity contribution is -0.137. The van der Waals surface area contributed by atoms with E-state index in [2.05, 4.69) is 48.3 Å². The fraction of sp³-hybridized carbons (Fsp3) is 0.0833. The Labute approximate surface area is 167 Å². The van der Waals surface area contributed by atoms with Gasteiger partial charge in [0, 0.05) is 47.2 Å². The lowest BCUT2D eigenvalue weighted by Crippen LogP contribution is -2.03. The Hall–Kier alpha value is -3.05. The number of alkyl halides is 3. The summed E-state index contributed by atoms with van der Waals surface area (Å²) in [4.78, 5) is 3.55. The maximum Gasteiger partial charge on any atom is 0.416 e. The first-order valence-corrected chi connectivity index (χ1v) is 10.1. The van der Waals surface area contributed by atoms with Crippen molar-refractivity contribution in [2.24, 2.45) is 0 Å². The normalized spacial score (nSPS) is 12.8. The zero-order valence-corrected chi connectivity index (χ0v) is 16.1. The first-order valence-electron chi connectivity index (χ1n) is 9.27. The van der Waals surface area contributed by atoms with Crippen LogP contribution in [0.3, 0.4) is 0 Å². The Morgan fingerprint density at radius 3 is 2.10 bits per heavy atom. The van der Waals surface area contributed by atoms with Crippen LogP contribution in [0.2, 0.25) is 0 Å². The quantitative estimate of drug-likeness (QED) is 0.262. The number of halogens is 3. The molecule has 0 saturated carbocycles. The topological polar surface area (TPSA) is 15.8 Å². The number of aryl methyl sites for hydroxylation is 1. The number of aromatic nitrogens is 1. The molecule has 0 aliphatic carbocycles. The van der Waals surface area contributed by atoms with Crippen molar-refractivity contribution in [1.29, 1.82) is 0 Å². The average Bonchev–Trinajstić information content (AvgIpc) is 3.24. The third kappa shape index (κ3) is 2.34. The van der Waals surface area contributed by atoms with Crippen molar-refractivity contribution in [3.63, 3.8) is 0 Å². The number of hydrogen-bond acceptors (Lipinski definition) is 1. The van der Waals surface area contributed by atoms with Crippen molar-refractivity contribution < 1.29 is 13.2 Å². The van der Waals surface area contributed by atoms with Gasteiger partial charge in [0.1, 0.15) is 0 Å². The maximum absolute atomic E-state index is 13.1. The largest absolute Gasteiger partial charge is 0.416 e. The summed E-state index contributed by atoms with van der Waals surface area (Å²) in [6, 6.07) is 18.7. The van der Waals surface area contributed by atoms with Gasteiger partial charge in [0.15, 0.2) is 0 Å². The smallest absolute Gasteiger partial charge is 0.354 e. The first-order chi connectivity index (χ1) is 13.9. The number of H-pyrrole nitrogens is 1. The van der Waals surface area contributed by atoms with Crippen molar-refractivity contribution >= 4 is 64.1 Å². The summed E-state index contributed by atoms with van der Waals surface area (Å²) in [5.41, 5.74) is 2.76. The van der Waals surface area contributed by atoms with E-state index in [4.69, 9.17) is 0 Å². The van der Waals surface area contributed by atoms with Crippen LogP contribution in [-0.4, -0.2) is 4.98 Å². The van der Waals surface area contributed by atoms with Crippen LogP contribution in [0.25, 0.3) is 52.8 Å². The van der Waals surface area contributed by atoms with Gasteiger partial charge in [0.05, 0.1) is 11.1 Å². The van der Waals surface area contributed by atoms with Crippen molar-refractivity contribution in [2.75, 3.05) is 0 Å². The summed E-state index contributed by atoms with van der Waals surface area (Å²) in [6.07, 6.45) is -4.33. The third-order valence-electron chi connectivity index (χ3n) is 5.69. The monoisotopic (exact) mass is 405 g/mol. The second-order valence-electron chi connectivity index (χ2n) is 7.51. The van der Waals surface area contributed by atoms with Crippen LogP contribution >= 0.6 is 11.3 Å². The minimum absolute atomic E-state index is 0.603. The van der Waals surface area contributed by atoms with Crippen LogP contribution in [0.15, 0.2) is 60.7 Å². The van der Waals surface area contributed by atoms with Gasteiger partial charge < -0.3 is 4.98 Å². The van der Waals surface area contributed by atoms with Crippen molar-refractivity contribution in [3.05, 3.63) is 71.8 Å². The summed E-state index contributed by atoms with van der Waals surface area (Å²) in [5, 5.41) is 6.36. The number of fused-ring (bicyclic) bond motifs is 9. The van der Waals surface area contributed by atoms with Crippen LogP contribution in [0.5, 0.6) is 0 Å². The summed E-state index contributed by atoms with van der Waals surface area (Å²) < 4.78 is 41.1. The first kappa shape index (κ1) is 16.9. The highest BCUT2D eigenvalue weighted by Crippen LogP contribution is 2.42. The molecule has 4 aromatic carbocycles. The van der Waals surface area contributed by atoms with Gasteiger partial charge in [-0.25, -0.2) is 0 Å². The molecule has 2 aromatic heterocycles. The molecule has 1 N–H and O–H groups in total. The Morgan fingerprint density at radius 2 is 1.34 bits per heavy atom. The molecule has 0 amide bonds. The standard InChI is InChI=1S/C24H14F3NS/c1-12-2-4-14-16-6-9-19-17(22(16)28-20(14)10-12)7-8-18-15-5-3-13(24(25,26)27)11-21(15)29-23(18)19/h2-11,28H,1H3. The molecule has 29 heavy (non-hydrogen) atoms. The van der Waals surface area contributed by atoms with Gasteiger partial charge in [-0.15, -0.1) is 11.3 Å². The Morgan fingerprint density at radius 1 is 0.724 bits per heavy atom.